The molecule has 13 heteroatoms. The van der Waals surface area contributed by atoms with Gasteiger partial charge in [-0.3, -0.25) is 4.55 Å². The molecule has 5 rings (SSSR count). The van der Waals surface area contributed by atoms with Crippen molar-refractivity contribution in [2.75, 3.05) is 38.2 Å². The van der Waals surface area contributed by atoms with Gasteiger partial charge in [0.05, 0.1) is 23.7 Å². The second kappa shape index (κ2) is 16.9. The van der Waals surface area contributed by atoms with Gasteiger partial charge in [0, 0.05) is 44.8 Å². The van der Waals surface area contributed by atoms with E-state index >= 15 is 0 Å². The smallest absolute Gasteiger partial charge is 0.365 e. The molecule has 0 amide bonds. The predicted molar refractivity (Wildman–Crippen MR) is 182 cm³/mol. The van der Waals surface area contributed by atoms with Crippen molar-refractivity contribution in [3.8, 4) is 0 Å². The van der Waals surface area contributed by atoms with Crippen LogP contribution < -0.4 is 5.48 Å². The highest BCUT2D eigenvalue weighted by Crippen LogP contribution is 2.42. The first kappa shape index (κ1) is 36.8. The molecule has 3 fully saturated rings. The number of fused-ring (bicyclic) bond motifs is 2. The minimum absolute atomic E-state index is 0.0322. The summed E-state index contributed by atoms with van der Waals surface area (Å²) in [6.45, 7) is 3.62. The van der Waals surface area contributed by atoms with Crippen LogP contribution in [-0.4, -0.2) is 99.3 Å². The Kier molecular flexibility index (Phi) is 13.2. The average molecular weight is 701 g/mol. The van der Waals surface area contributed by atoms with Gasteiger partial charge in [-0.2, -0.15) is 31.2 Å². The van der Waals surface area contributed by atoms with Gasteiger partial charge in [-0.1, -0.05) is 45.1 Å². The quantitative estimate of drug-likeness (QED) is 0.100. The summed E-state index contributed by atoms with van der Waals surface area (Å²) in [6.07, 6.45) is 22.3. The van der Waals surface area contributed by atoms with Gasteiger partial charge in [-0.05, 0) is 75.2 Å². The lowest BCUT2D eigenvalue weighted by molar-refractivity contribution is -0.564. The molecule has 0 radical (unpaired) electrons. The highest BCUT2D eigenvalue weighted by Gasteiger charge is 2.48. The molecule has 0 spiro atoms. The molecule has 6 unspecified atom stereocenters. The van der Waals surface area contributed by atoms with Crippen molar-refractivity contribution >= 4 is 26.1 Å². The fourth-order valence-electron chi connectivity index (χ4n) is 8.77. The standard InChI is InChI=1S/C34H57N3O8S2/c1-3-35-45-47(41,42)22-10-8-20-37-32-24-27(26-11-5-4-6-12-26)14-18-33(32)44-34(37)25-29-15-13-28-23-30(43-2)16-17-31(28)36(29)19-7-9-21-46(38,39)40/h13,15,25-28,30-33,35H,3-12,14,16-24H2,1-2H3/p+1. The first-order valence-electron chi connectivity index (χ1n) is 18.2. The molecule has 2 heterocycles. The molecule has 47 heavy (non-hydrogen) atoms. The topological polar surface area (TPSA) is 134 Å². The van der Waals surface area contributed by atoms with Crippen LogP contribution in [-0.2, 0) is 34.0 Å². The van der Waals surface area contributed by atoms with Crippen LogP contribution in [0.2, 0.25) is 0 Å². The van der Waals surface area contributed by atoms with E-state index in [1.807, 2.05) is 0 Å². The van der Waals surface area contributed by atoms with Crippen LogP contribution in [0.25, 0.3) is 0 Å². The number of hydrogen-bond donors (Lipinski definition) is 2. The van der Waals surface area contributed by atoms with E-state index in [0.29, 0.717) is 63.2 Å². The molecular weight excluding hydrogens is 643 g/mol. The van der Waals surface area contributed by atoms with Gasteiger partial charge < -0.3 is 14.4 Å². The van der Waals surface area contributed by atoms with Crippen LogP contribution in [0.4, 0.5) is 0 Å². The Morgan fingerprint density at radius 2 is 1.77 bits per heavy atom. The molecule has 0 aromatic rings. The lowest BCUT2D eigenvalue weighted by atomic mass is 9.71. The lowest BCUT2D eigenvalue weighted by Crippen LogP contribution is -2.46. The number of nitrogens with zero attached hydrogens (tertiary/aromatic N) is 2. The van der Waals surface area contributed by atoms with Gasteiger partial charge in [0.25, 0.3) is 20.2 Å². The van der Waals surface area contributed by atoms with Crippen molar-refractivity contribution in [3.63, 3.8) is 0 Å². The fourth-order valence-corrected chi connectivity index (χ4v) is 10.3. The maximum Gasteiger partial charge on any atom is 0.365 e. The molecule has 5 aliphatic rings. The Bertz CT molecular complexity index is 1340. The predicted octanol–water partition coefficient (Wildman–Crippen LogP) is 4.80. The summed E-state index contributed by atoms with van der Waals surface area (Å²) >= 11 is 0. The first-order valence-corrected chi connectivity index (χ1v) is 21.3. The average Bonchev–Trinajstić information content (AvgIpc) is 3.40. The Labute approximate surface area is 283 Å². The highest BCUT2D eigenvalue weighted by molar-refractivity contribution is 7.86. The molecule has 0 saturated heterocycles. The second-order valence-electron chi connectivity index (χ2n) is 14.3. The molecule has 11 nitrogen and oxygen atoms in total. The highest BCUT2D eigenvalue weighted by atomic mass is 32.2. The Morgan fingerprint density at radius 1 is 0.979 bits per heavy atom. The largest absolute Gasteiger partial charge is 0.434 e. The van der Waals surface area contributed by atoms with Crippen LogP contribution in [0.5, 0.6) is 0 Å². The van der Waals surface area contributed by atoms with Gasteiger partial charge in [0.2, 0.25) is 0 Å². The van der Waals surface area contributed by atoms with Crippen LogP contribution in [0.3, 0.4) is 0 Å². The van der Waals surface area contributed by atoms with E-state index in [9.17, 15) is 21.4 Å². The van der Waals surface area contributed by atoms with Crippen molar-refractivity contribution in [3.05, 3.63) is 23.9 Å². The Balaban J connectivity index is 1.38. The van der Waals surface area contributed by atoms with Crippen LogP contribution in [0, 0.1) is 17.8 Å². The molecule has 0 aromatic heterocycles. The Hall–Kier alpha value is -1.51. The van der Waals surface area contributed by atoms with Crippen molar-refractivity contribution in [2.45, 2.75) is 128 Å². The van der Waals surface area contributed by atoms with E-state index in [1.165, 1.54) is 38.5 Å². The van der Waals surface area contributed by atoms with E-state index in [-0.39, 0.29) is 29.8 Å². The lowest BCUT2D eigenvalue weighted by Gasteiger charge is -2.45. The van der Waals surface area contributed by atoms with Gasteiger partial charge in [-0.15, -0.1) is 0 Å². The van der Waals surface area contributed by atoms with Gasteiger partial charge in [-0.25, -0.2) is 0 Å². The molecule has 3 aliphatic carbocycles. The zero-order valence-corrected chi connectivity index (χ0v) is 30.1. The second-order valence-corrected chi connectivity index (χ2v) is 17.6. The number of nitrogens with one attached hydrogen (secondary N) is 1. The molecule has 2 N–H and O–H groups in total. The summed E-state index contributed by atoms with van der Waals surface area (Å²) in [4.78, 5) is 2.42. The SMILES string of the molecule is CCNOS(=O)(=O)CCCC[N+]1=C(/C=C2\C=CC3CC(OC)CCC3N2CCCCS(=O)(=O)O)OC2CCC(C3CCCCC3)CC21. The summed E-state index contributed by atoms with van der Waals surface area (Å²) in [5.41, 5.74) is 3.53. The van der Waals surface area contributed by atoms with Crippen LogP contribution in [0.15, 0.2) is 23.9 Å². The summed E-state index contributed by atoms with van der Waals surface area (Å²) in [5, 5.41) is 0. The minimum Gasteiger partial charge on any atom is -0.434 e. The maximum absolute atomic E-state index is 12.3. The van der Waals surface area contributed by atoms with E-state index in [1.54, 1.807) is 14.0 Å². The summed E-state index contributed by atoms with van der Waals surface area (Å²) in [5.74, 6) is 2.45. The van der Waals surface area contributed by atoms with E-state index in [2.05, 4.69) is 33.2 Å². The third-order valence-corrected chi connectivity index (χ3v) is 13.1. The summed E-state index contributed by atoms with van der Waals surface area (Å²) < 4.78 is 76.5. The number of ether oxygens (including phenoxy) is 2. The first-order chi connectivity index (χ1) is 22.6. The van der Waals surface area contributed by atoms with Gasteiger partial charge in [0.1, 0.15) is 6.54 Å². The number of methoxy groups -OCH3 is 1. The fraction of sp³-hybridized carbons (Fsp3) is 0.853. The summed E-state index contributed by atoms with van der Waals surface area (Å²) in [6, 6.07) is 0.566. The molecule has 0 aromatic carbocycles. The minimum atomic E-state index is -3.99. The Morgan fingerprint density at radius 3 is 2.51 bits per heavy atom. The molecule has 2 aliphatic heterocycles. The number of hydrogen-bond acceptors (Lipinski definition) is 9. The number of unbranched alkanes of at least 4 members (excludes halogenated alkanes) is 2. The molecule has 3 saturated carbocycles. The van der Waals surface area contributed by atoms with Crippen LogP contribution >= 0.6 is 0 Å². The zero-order valence-electron chi connectivity index (χ0n) is 28.4. The van der Waals surface area contributed by atoms with E-state index in [0.717, 1.165) is 49.6 Å². The molecule has 6 atom stereocenters. The van der Waals surface area contributed by atoms with Crippen LogP contribution in [0.1, 0.15) is 103 Å². The van der Waals surface area contributed by atoms with E-state index in [4.69, 9.17) is 13.8 Å². The third-order valence-electron chi connectivity index (χ3n) is 11.2. The van der Waals surface area contributed by atoms with Crippen molar-refractivity contribution in [2.24, 2.45) is 17.8 Å². The molecule has 268 valence electrons. The normalized spacial score (nSPS) is 31.2. The number of hydroxylamine groups is 1. The van der Waals surface area contributed by atoms with Gasteiger partial charge in [0.15, 0.2) is 12.1 Å². The summed E-state index contributed by atoms with van der Waals surface area (Å²) in [7, 11) is -5.84. The molecule has 0 bridgehead atoms. The maximum atomic E-state index is 12.3. The number of allylic oxidation sites excluding steroid dienone is 1. The van der Waals surface area contributed by atoms with Gasteiger partial charge >= 0.3 is 5.90 Å². The third kappa shape index (κ3) is 10.3. The monoisotopic (exact) mass is 700 g/mol. The van der Waals surface area contributed by atoms with Crippen molar-refractivity contribution in [1.29, 1.82) is 0 Å². The van der Waals surface area contributed by atoms with E-state index < -0.39 is 20.2 Å². The zero-order chi connectivity index (χ0) is 33.4. The number of rotatable bonds is 16. The molecular formula is C34H58N3O8S2+. The van der Waals surface area contributed by atoms with Crippen molar-refractivity contribution < 1.29 is 39.7 Å². The van der Waals surface area contributed by atoms with Crippen molar-refractivity contribution in [1.82, 2.24) is 10.4 Å².